The lowest BCUT2D eigenvalue weighted by molar-refractivity contribution is -0.393. The Balaban J connectivity index is 2.25. The smallest absolute Gasteiger partial charge is 0.272 e. The summed E-state index contributed by atoms with van der Waals surface area (Å²) in [7, 11) is 0. The Labute approximate surface area is 127 Å². The van der Waals surface area contributed by atoms with Crippen molar-refractivity contribution >= 4 is 22.8 Å². The van der Waals surface area contributed by atoms with Crippen molar-refractivity contribution in [1.29, 1.82) is 0 Å². The molecule has 0 amide bonds. The number of nitrogens with one attached hydrogen (secondary N) is 1. The minimum atomic E-state index is -0.656. The summed E-state index contributed by atoms with van der Waals surface area (Å²) in [5.74, 6) is 0.401. The number of rotatable bonds is 5. The molecule has 0 radical (unpaired) electrons. The van der Waals surface area contributed by atoms with E-state index in [9.17, 15) is 20.2 Å². The van der Waals surface area contributed by atoms with E-state index in [-0.39, 0.29) is 17.1 Å². The van der Waals surface area contributed by atoms with Gasteiger partial charge in [-0.2, -0.15) is 5.10 Å². The summed E-state index contributed by atoms with van der Waals surface area (Å²) in [5.41, 5.74) is 3.25. The zero-order valence-corrected chi connectivity index (χ0v) is 12.3. The predicted molar refractivity (Wildman–Crippen MR) is 83.1 cm³/mol. The minimum Gasteiger partial charge on any atom is -0.272 e. The molecule has 118 valence electrons. The molecule has 1 aromatic carbocycles. The minimum absolute atomic E-state index is 0.170. The Morgan fingerprint density at radius 1 is 1.27 bits per heavy atom. The molecular formula is C14H18N4O4. The maximum atomic E-state index is 11.1. The van der Waals surface area contributed by atoms with Gasteiger partial charge in [-0.15, -0.1) is 0 Å². The summed E-state index contributed by atoms with van der Waals surface area (Å²) in [6, 6.07) is 3.50. The van der Waals surface area contributed by atoms with Gasteiger partial charge >= 0.3 is 5.69 Å². The van der Waals surface area contributed by atoms with Crippen LogP contribution in [0.1, 0.15) is 39.0 Å². The second-order valence-corrected chi connectivity index (χ2v) is 5.28. The van der Waals surface area contributed by atoms with Crippen molar-refractivity contribution in [2.45, 2.75) is 39.0 Å². The number of hydrazone groups is 1. The lowest BCUT2D eigenvalue weighted by Gasteiger charge is -2.22. The van der Waals surface area contributed by atoms with Gasteiger partial charge in [0.2, 0.25) is 0 Å². The number of benzene rings is 1. The van der Waals surface area contributed by atoms with E-state index in [1.165, 1.54) is 18.6 Å². The number of hydrogen-bond donors (Lipinski definition) is 1. The summed E-state index contributed by atoms with van der Waals surface area (Å²) in [5, 5.41) is 26.1. The first-order chi connectivity index (χ1) is 10.5. The summed E-state index contributed by atoms with van der Waals surface area (Å²) >= 11 is 0. The van der Waals surface area contributed by atoms with Crippen LogP contribution < -0.4 is 5.43 Å². The lowest BCUT2D eigenvalue weighted by Crippen LogP contribution is -2.19. The van der Waals surface area contributed by atoms with Crippen LogP contribution in [-0.2, 0) is 0 Å². The number of anilines is 1. The second-order valence-electron chi connectivity index (χ2n) is 5.28. The molecule has 0 aromatic heterocycles. The third-order valence-electron chi connectivity index (χ3n) is 3.91. The molecule has 0 spiro atoms. The second kappa shape index (κ2) is 6.97. The third-order valence-corrected chi connectivity index (χ3v) is 3.91. The van der Waals surface area contributed by atoms with Gasteiger partial charge in [0.1, 0.15) is 5.69 Å². The first-order valence-corrected chi connectivity index (χ1v) is 7.28. The van der Waals surface area contributed by atoms with E-state index in [0.717, 1.165) is 37.5 Å². The third kappa shape index (κ3) is 3.57. The molecule has 0 bridgehead atoms. The van der Waals surface area contributed by atoms with E-state index in [2.05, 4.69) is 17.5 Å². The average molecular weight is 306 g/mol. The Morgan fingerprint density at radius 2 is 2.05 bits per heavy atom. The quantitative estimate of drug-likeness (QED) is 0.655. The number of nitro groups is 2. The molecule has 1 aliphatic carbocycles. The normalized spacial score (nSPS) is 19.9. The highest BCUT2D eigenvalue weighted by atomic mass is 16.6. The first kappa shape index (κ1) is 15.9. The summed E-state index contributed by atoms with van der Waals surface area (Å²) < 4.78 is 0. The number of hydrogen-bond acceptors (Lipinski definition) is 6. The fraction of sp³-hybridized carbons (Fsp3) is 0.500. The average Bonchev–Trinajstić information content (AvgIpc) is 2.52. The van der Waals surface area contributed by atoms with Crippen LogP contribution in [0.3, 0.4) is 0 Å². The molecule has 22 heavy (non-hydrogen) atoms. The van der Waals surface area contributed by atoms with Gasteiger partial charge in [-0.25, -0.2) is 0 Å². The number of nitrogens with zero attached hydrogens (tertiary/aromatic N) is 3. The van der Waals surface area contributed by atoms with Gasteiger partial charge in [-0.1, -0.05) is 13.3 Å². The monoisotopic (exact) mass is 306 g/mol. The molecule has 2 rings (SSSR count). The van der Waals surface area contributed by atoms with Crippen LogP contribution in [-0.4, -0.2) is 15.6 Å². The van der Waals surface area contributed by atoms with Crippen LogP contribution in [0.5, 0.6) is 0 Å². The number of non-ortho nitro benzene ring substituents is 1. The topological polar surface area (TPSA) is 111 Å². The van der Waals surface area contributed by atoms with Crippen molar-refractivity contribution in [2.24, 2.45) is 11.0 Å². The molecule has 1 fully saturated rings. The zero-order valence-electron chi connectivity index (χ0n) is 12.3. The van der Waals surface area contributed by atoms with Gasteiger partial charge in [0.05, 0.1) is 15.9 Å². The standard InChI is InChI=1S/C14H18N4O4/c1-2-10-5-3-4-6-12(10)15-16-13-8-7-11(17(19)20)9-14(13)18(21)22/h7-10,16H,2-6H2,1H3/b15-12+. The molecule has 8 nitrogen and oxygen atoms in total. The summed E-state index contributed by atoms with van der Waals surface area (Å²) in [6.07, 6.45) is 5.20. The Bertz CT molecular complexity index is 615. The van der Waals surface area contributed by atoms with Gasteiger partial charge in [0.15, 0.2) is 0 Å². The van der Waals surface area contributed by atoms with E-state index in [1.54, 1.807) is 0 Å². The van der Waals surface area contributed by atoms with Gasteiger partial charge < -0.3 is 0 Å². The summed E-state index contributed by atoms with van der Waals surface area (Å²) in [4.78, 5) is 20.5. The van der Waals surface area contributed by atoms with Crippen LogP contribution in [0.2, 0.25) is 0 Å². The van der Waals surface area contributed by atoms with Gasteiger partial charge in [-0.3, -0.25) is 25.7 Å². The van der Waals surface area contributed by atoms with Crippen LogP contribution in [0.25, 0.3) is 0 Å². The maximum Gasteiger partial charge on any atom is 0.301 e. The first-order valence-electron chi connectivity index (χ1n) is 7.28. The Kier molecular flexibility index (Phi) is 5.03. The van der Waals surface area contributed by atoms with Crippen LogP contribution in [0, 0.1) is 26.1 Å². The van der Waals surface area contributed by atoms with Crippen molar-refractivity contribution in [1.82, 2.24) is 0 Å². The lowest BCUT2D eigenvalue weighted by atomic mass is 9.86. The fourth-order valence-electron chi connectivity index (χ4n) is 2.67. The molecule has 1 aliphatic rings. The molecule has 1 aromatic rings. The van der Waals surface area contributed by atoms with E-state index >= 15 is 0 Å². The van der Waals surface area contributed by atoms with E-state index in [0.29, 0.717) is 5.92 Å². The van der Waals surface area contributed by atoms with E-state index in [4.69, 9.17) is 0 Å². The highest BCUT2D eigenvalue weighted by Crippen LogP contribution is 2.30. The molecule has 1 N–H and O–H groups in total. The van der Waals surface area contributed by atoms with Gasteiger partial charge in [0, 0.05) is 11.8 Å². The van der Waals surface area contributed by atoms with Crippen LogP contribution in [0.4, 0.5) is 17.1 Å². The molecule has 0 aliphatic heterocycles. The summed E-state index contributed by atoms with van der Waals surface area (Å²) in [6.45, 7) is 2.10. The van der Waals surface area contributed by atoms with Gasteiger partial charge in [-0.05, 0) is 37.7 Å². The van der Waals surface area contributed by atoms with Crippen molar-refractivity contribution in [3.8, 4) is 0 Å². The van der Waals surface area contributed by atoms with Crippen molar-refractivity contribution in [3.05, 3.63) is 38.4 Å². The Morgan fingerprint density at radius 3 is 2.68 bits per heavy atom. The molecule has 1 saturated carbocycles. The van der Waals surface area contributed by atoms with Crippen molar-refractivity contribution in [2.75, 3.05) is 5.43 Å². The number of nitro benzene ring substituents is 2. The molecule has 0 heterocycles. The molecule has 8 heteroatoms. The highest BCUT2D eigenvalue weighted by molar-refractivity contribution is 5.88. The SMILES string of the molecule is CCC1CCCC/C1=N\Nc1ccc([N+](=O)[O-])cc1[N+](=O)[O-]. The van der Waals surface area contributed by atoms with Crippen LogP contribution in [0.15, 0.2) is 23.3 Å². The van der Waals surface area contributed by atoms with E-state index in [1.807, 2.05) is 0 Å². The largest absolute Gasteiger partial charge is 0.301 e. The van der Waals surface area contributed by atoms with Gasteiger partial charge in [0.25, 0.3) is 5.69 Å². The van der Waals surface area contributed by atoms with Crippen LogP contribution >= 0.6 is 0 Å². The van der Waals surface area contributed by atoms with Crippen molar-refractivity contribution in [3.63, 3.8) is 0 Å². The zero-order chi connectivity index (χ0) is 16.1. The molecule has 0 saturated heterocycles. The van der Waals surface area contributed by atoms with E-state index < -0.39 is 9.85 Å². The fourth-order valence-corrected chi connectivity index (χ4v) is 2.67. The van der Waals surface area contributed by atoms with Crippen molar-refractivity contribution < 1.29 is 9.85 Å². The molecule has 1 atom stereocenters. The molecular weight excluding hydrogens is 288 g/mol. The Hall–Kier alpha value is -2.51. The molecule has 1 unspecified atom stereocenters. The highest BCUT2D eigenvalue weighted by Gasteiger charge is 2.21. The maximum absolute atomic E-state index is 11.1. The predicted octanol–water partition coefficient (Wildman–Crippen LogP) is 3.87.